The summed E-state index contributed by atoms with van der Waals surface area (Å²) in [5.41, 5.74) is 5.10. The summed E-state index contributed by atoms with van der Waals surface area (Å²) in [6.07, 6.45) is 2.21. The van der Waals surface area contributed by atoms with Gasteiger partial charge in [-0.25, -0.2) is 0 Å². The minimum Gasteiger partial charge on any atom is -0.460 e. The second kappa shape index (κ2) is 7.82. The van der Waals surface area contributed by atoms with Crippen molar-refractivity contribution in [1.29, 1.82) is 0 Å². The number of hydrogen-bond acceptors (Lipinski definition) is 5. The second-order valence-electron chi connectivity index (χ2n) is 6.06. The third-order valence-electron chi connectivity index (χ3n) is 2.28. The fourth-order valence-electron chi connectivity index (χ4n) is 1.75. The monoisotopic (exact) mass is 275 g/mol. The molecule has 0 aromatic rings. The van der Waals surface area contributed by atoms with Crippen molar-refractivity contribution < 1.29 is 19.0 Å². The van der Waals surface area contributed by atoms with Crippen LogP contribution in [0.1, 0.15) is 54.4 Å². The highest BCUT2D eigenvalue weighted by Crippen LogP contribution is 2.23. The molecule has 0 aromatic heterocycles. The van der Waals surface area contributed by atoms with Crippen LogP contribution in [0.3, 0.4) is 0 Å². The minimum atomic E-state index is -0.405. The number of hydrogen-bond donors (Lipinski definition) is 1. The van der Waals surface area contributed by atoms with Crippen LogP contribution in [0.25, 0.3) is 0 Å². The van der Waals surface area contributed by atoms with E-state index >= 15 is 0 Å². The van der Waals surface area contributed by atoms with Gasteiger partial charge in [0.1, 0.15) is 5.60 Å². The summed E-state index contributed by atoms with van der Waals surface area (Å²) >= 11 is 0. The summed E-state index contributed by atoms with van der Waals surface area (Å²) in [6.45, 7) is 12.3. The van der Waals surface area contributed by atoms with Gasteiger partial charge in [0, 0.05) is 6.92 Å². The van der Waals surface area contributed by atoms with Gasteiger partial charge in [-0.3, -0.25) is 4.79 Å². The van der Waals surface area contributed by atoms with Gasteiger partial charge >= 0.3 is 5.97 Å². The fraction of sp³-hybridized carbons (Fsp3) is 0.929. The van der Waals surface area contributed by atoms with Gasteiger partial charge in [-0.2, -0.15) is 0 Å². The van der Waals surface area contributed by atoms with E-state index in [1.807, 2.05) is 34.6 Å². The minimum absolute atomic E-state index is 0.225. The van der Waals surface area contributed by atoms with Gasteiger partial charge in [-0.1, -0.05) is 0 Å². The van der Waals surface area contributed by atoms with Gasteiger partial charge in [-0.15, -0.1) is 0 Å². The summed E-state index contributed by atoms with van der Waals surface area (Å²) in [4.78, 5) is 10.2. The molecule has 0 amide bonds. The first-order chi connectivity index (χ1) is 8.56. The van der Waals surface area contributed by atoms with E-state index in [2.05, 4.69) is 0 Å². The highest BCUT2D eigenvalue weighted by molar-refractivity contribution is 5.66. The molecule has 1 fully saturated rings. The Morgan fingerprint density at radius 1 is 1.42 bits per heavy atom. The zero-order valence-corrected chi connectivity index (χ0v) is 13.1. The van der Waals surface area contributed by atoms with E-state index in [4.69, 9.17) is 19.9 Å². The average molecular weight is 275 g/mol. The maximum absolute atomic E-state index is 10.2. The molecule has 0 bridgehead atoms. The van der Waals surface area contributed by atoms with Crippen molar-refractivity contribution in [2.75, 3.05) is 13.2 Å². The van der Waals surface area contributed by atoms with Crippen LogP contribution < -0.4 is 5.73 Å². The highest BCUT2D eigenvalue weighted by Gasteiger charge is 2.28. The van der Waals surface area contributed by atoms with Crippen LogP contribution in [0.15, 0.2) is 0 Å². The zero-order valence-electron chi connectivity index (χ0n) is 13.1. The van der Waals surface area contributed by atoms with E-state index in [-0.39, 0.29) is 11.6 Å². The molecule has 0 aliphatic carbocycles. The molecule has 1 aliphatic rings. The van der Waals surface area contributed by atoms with Crippen LogP contribution in [0, 0.1) is 0 Å². The summed E-state index contributed by atoms with van der Waals surface area (Å²) in [5.74, 6) is -0.629. The Hall–Kier alpha value is -0.650. The molecule has 114 valence electrons. The molecule has 1 unspecified atom stereocenters. The lowest BCUT2D eigenvalue weighted by atomic mass is 10.1. The van der Waals surface area contributed by atoms with Crippen molar-refractivity contribution >= 4 is 5.97 Å². The van der Waals surface area contributed by atoms with Crippen LogP contribution in [0.2, 0.25) is 0 Å². The molecule has 0 saturated carbocycles. The number of ether oxygens (including phenoxy) is 3. The molecule has 19 heavy (non-hydrogen) atoms. The second-order valence-corrected chi connectivity index (χ2v) is 6.06. The van der Waals surface area contributed by atoms with Crippen LogP contribution >= 0.6 is 0 Å². The maximum Gasteiger partial charge on any atom is 0.303 e. The number of carbonyl (C=O) groups excluding carboxylic acids is 1. The van der Waals surface area contributed by atoms with Gasteiger partial charge in [0.2, 0.25) is 0 Å². The van der Waals surface area contributed by atoms with Gasteiger partial charge in [-0.05, 0) is 54.0 Å². The number of esters is 1. The number of rotatable bonds is 2. The summed E-state index contributed by atoms with van der Waals surface area (Å²) < 4.78 is 15.8. The topological polar surface area (TPSA) is 70.8 Å². The van der Waals surface area contributed by atoms with Gasteiger partial charge < -0.3 is 19.9 Å². The molecule has 1 aliphatic heterocycles. The van der Waals surface area contributed by atoms with Gasteiger partial charge in [0.05, 0.1) is 12.7 Å². The van der Waals surface area contributed by atoms with E-state index in [0.29, 0.717) is 12.6 Å². The van der Waals surface area contributed by atoms with Crippen LogP contribution in [-0.4, -0.2) is 36.6 Å². The van der Waals surface area contributed by atoms with E-state index in [1.165, 1.54) is 6.92 Å². The predicted octanol–water partition coefficient (Wildman–Crippen LogP) is 2.22. The summed E-state index contributed by atoms with van der Waals surface area (Å²) in [6, 6.07) is 0. The smallest absolute Gasteiger partial charge is 0.303 e. The highest BCUT2D eigenvalue weighted by atomic mass is 16.7. The predicted molar refractivity (Wildman–Crippen MR) is 74.7 cm³/mol. The molecule has 1 atom stereocenters. The fourth-order valence-corrected chi connectivity index (χ4v) is 1.75. The normalized spacial score (nSPS) is 22.2. The lowest BCUT2D eigenvalue weighted by Gasteiger charge is -2.35. The van der Waals surface area contributed by atoms with Crippen molar-refractivity contribution in [2.45, 2.75) is 71.9 Å². The molecular weight excluding hydrogens is 246 g/mol. The van der Waals surface area contributed by atoms with Gasteiger partial charge in [0.15, 0.2) is 5.79 Å². The van der Waals surface area contributed by atoms with Gasteiger partial charge in [0.25, 0.3) is 0 Å². The van der Waals surface area contributed by atoms with Crippen molar-refractivity contribution in [2.24, 2.45) is 5.73 Å². The van der Waals surface area contributed by atoms with Crippen molar-refractivity contribution in [3.63, 3.8) is 0 Å². The molecule has 0 radical (unpaired) electrons. The van der Waals surface area contributed by atoms with Crippen LogP contribution in [0.5, 0.6) is 0 Å². The number of nitrogens with two attached hydrogens (primary N) is 1. The molecule has 0 aromatic carbocycles. The average Bonchev–Trinajstić information content (AvgIpc) is 2.12. The Labute approximate surface area is 116 Å². The quantitative estimate of drug-likeness (QED) is 0.782. The Balaban J connectivity index is 0.000000362. The first kappa shape index (κ1) is 18.4. The lowest BCUT2D eigenvalue weighted by Crippen LogP contribution is -2.40. The van der Waals surface area contributed by atoms with Crippen molar-refractivity contribution in [1.82, 2.24) is 0 Å². The van der Waals surface area contributed by atoms with E-state index < -0.39 is 5.79 Å². The van der Waals surface area contributed by atoms with E-state index in [1.54, 1.807) is 0 Å². The van der Waals surface area contributed by atoms with Crippen LogP contribution in [-0.2, 0) is 19.0 Å². The number of carbonyl (C=O) groups is 1. The third-order valence-corrected chi connectivity index (χ3v) is 2.28. The zero-order chi connectivity index (χ0) is 15.1. The summed E-state index contributed by atoms with van der Waals surface area (Å²) in [5, 5.41) is 0. The van der Waals surface area contributed by atoms with Crippen molar-refractivity contribution in [3.8, 4) is 0 Å². The summed E-state index contributed by atoms with van der Waals surface area (Å²) in [7, 11) is 0. The first-order valence-corrected chi connectivity index (χ1v) is 6.77. The molecule has 5 heteroatoms. The Morgan fingerprint density at radius 3 is 2.32 bits per heavy atom. The van der Waals surface area contributed by atoms with Crippen LogP contribution in [0.4, 0.5) is 0 Å². The third kappa shape index (κ3) is 10.9. The molecule has 0 spiro atoms. The Kier molecular flexibility index (Phi) is 7.55. The molecular formula is C14H29NO4. The molecule has 1 saturated heterocycles. The standard InChI is InChI=1S/C8H17NO2.C6H12O2/c1-8(2)10-6-4-7(11-8)3-5-9;1-5(7)8-6(2,3)4/h7H,3-6,9H2,1-2H3;1-4H3. The largest absolute Gasteiger partial charge is 0.460 e. The molecule has 2 N–H and O–H groups in total. The molecule has 1 heterocycles. The SMILES string of the molecule is CC(=O)OC(C)(C)C.CC1(C)OCCC(CCN)O1. The Bertz CT molecular complexity index is 269. The molecule has 5 nitrogen and oxygen atoms in total. The Morgan fingerprint density at radius 2 is 2.00 bits per heavy atom. The maximum atomic E-state index is 10.2. The first-order valence-electron chi connectivity index (χ1n) is 6.77. The van der Waals surface area contributed by atoms with Crippen molar-refractivity contribution in [3.05, 3.63) is 0 Å². The van der Waals surface area contributed by atoms with E-state index in [0.717, 1.165) is 19.4 Å². The molecule has 1 rings (SSSR count). The lowest BCUT2D eigenvalue weighted by molar-refractivity contribution is -0.273. The van der Waals surface area contributed by atoms with E-state index in [9.17, 15) is 4.79 Å².